The van der Waals surface area contributed by atoms with Gasteiger partial charge >= 0.3 is 0 Å². The monoisotopic (exact) mass is 323 g/mol. The SMILES string of the molecule is c1csc(CN2CCCC(Nc3cccc4cnccc34)C2)c1. The van der Waals surface area contributed by atoms with E-state index in [2.05, 4.69) is 57.0 Å². The number of rotatable bonds is 4. The van der Waals surface area contributed by atoms with Gasteiger partial charge in [-0.25, -0.2) is 0 Å². The summed E-state index contributed by atoms with van der Waals surface area (Å²) in [5.41, 5.74) is 1.23. The molecule has 0 bridgehead atoms. The molecule has 23 heavy (non-hydrogen) atoms. The van der Waals surface area contributed by atoms with E-state index in [1.54, 1.807) is 0 Å². The van der Waals surface area contributed by atoms with E-state index in [0.717, 1.165) is 13.1 Å². The second-order valence-electron chi connectivity index (χ2n) is 6.20. The molecule has 3 aromatic rings. The lowest BCUT2D eigenvalue weighted by molar-refractivity contribution is 0.210. The van der Waals surface area contributed by atoms with E-state index in [0.29, 0.717) is 6.04 Å². The van der Waals surface area contributed by atoms with E-state index in [4.69, 9.17) is 0 Å². The minimum Gasteiger partial charge on any atom is -0.381 e. The molecular formula is C19H21N3S. The van der Waals surface area contributed by atoms with Gasteiger partial charge in [0.05, 0.1) is 0 Å². The van der Waals surface area contributed by atoms with Crippen LogP contribution in [0.25, 0.3) is 10.8 Å². The van der Waals surface area contributed by atoms with Gasteiger partial charge in [-0.3, -0.25) is 9.88 Å². The average molecular weight is 323 g/mol. The van der Waals surface area contributed by atoms with Crippen LogP contribution in [0.1, 0.15) is 17.7 Å². The Morgan fingerprint density at radius 3 is 3.13 bits per heavy atom. The summed E-state index contributed by atoms with van der Waals surface area (Å²) in [7, 11) is 0. The maximum atomic E-state index is 4.22. The van der Waals surface area contributed by atoms with E-state index < -0.39 is 0 Å². The van der Waals surface area contributed by atoms with Crippen molar-refractivity contribution < 1.29 is 0 Å². The molecule has 2 aromatic heterocycles. The van der Waals surface area contributed by atoms with Crippen molar-refractivity contribution in [1.29, 1.82) is 0 Å². The minimum absolute atomic E-state index is 0.516. The van der Waals surface area contributed by atoms with E-state index in [1.165, 1.54) is 40.7 Å². The van der Waals surface area contributed by atoms with Gasteiger partial charge in [0.2, 0.25) is 0 Å². The van der Waals surface area contributed by atoms with E-state index >= 15 is 0 Å². The van der Waals surface area contributed by atoms with Crippen LogP contribution < -0.4 is 5.32 Å². The van der Waals surface area contributed by atoms with Gasteiger partial charge in [-0.15, -0.1) is 11.3 Å². The zero-order chi connectivity index (χ0) is 15.5. The number of benzene rings is 1. The van der Waals surface area contributed by atoms with E-state index in [1.807, 2.05) is 23.7 Å². The summed E-state index contributed by atoms with van der Waals surface area (Å²) in [6.07, 6.45) is 6.31. The Morgan fingerprint density at radius 1 is 1.22 bits per heavy atom. The fraction of sp³-hybridized carbons (Fsp3) is 0.316. The second-order valence-corrected chi connectivity index (χ2v) is 7.23. The summed E-state index contributed by atoms with van der Waals surface area (Å²) in [5.74, 6) is 0. The number of fused-ring (bicyclic) bond motifs is 1. The maximum absolute atomic E-state index is 4.22. The summed E-state index contributed by atoms with van der Waals surface area (Å²) in [5, 5.41) is 8.39. The largest absolute Gasteiger partial charge is 0.381 e. The molecule has 3 heterocycles. The van der Waals surface area contributed by atoms with E-state index in [9.17, 15) is 0 Å². The highest BCUT2D eigenvalue weighted by Gasteiger charge is 2.20. The van der Waals surface area contributed by atoms with Gasteiger partial charge in [0, 0.05) is 52.9 Å². The molecule has 0 aliphatic carbocycles. The van der Waals surface area contributed by atoms with Crippen LogP contribution in [-0.4, -0.2) is 29.0 Å². The lowest BCUT2D eigenvalue weighted by Crippen LogP contribution is -2.41. The summed E-state index contributed by atoms with van der Waals surface area (Å²) >= 11 is 1.85. The van der Waals surface area contributed by atoms with Gasteiger partial charge in [0.15, 0.2) is 0 Å². The van der Waals surface area contributed by atoms with Gasteiger partial charge in [0.25, 0.3) is 0 Å². The lowest BCUT2D eigenvalue weighted by Gasteiger charge is -2.33. The first-order valence-corrected chi connectivity index (χ1v) is 9.10. The average Bonchev–Trinajstić information content (AvgIpc) is 3.09. The highest BCUT2D eigenvalue weighted by Crippen LogP contribution is 2.25. The highest BCUT2D eigenvalue weighted by molar-refractivity contribution is 7.09. The smallest absolute Gasteiger partial charge is 0.0423 e. The van der Waals surface area contributed by atoms with Crippen molar-refractivity contribution >= 4 is 27.8 Å². The first-order chi connectivity index (χ1) is 11.4. The third kappa shape index (κ3) is 3.38. The number of pyridine rings is 1. The van der Waals surface area contributed by atoms with Crippen molar-refractivity contribution in [3.8, 4) is 0 Å². The van der Waals surface area contributed by atoms with Crippen molar-refractivity contribution in [1.82, 2.24) is 9.88 Å². The van der Waals surface area contributed by atoms with Crippen LogP contribution in [0, 0.1) is 0 Å². The Labute approximate surface area is 141 Å². The fourth-order valence-electron chi connectivity index (χ4n) is 3.41. The maximum Gasteiger partial charge on any atom is 0.0423 e. The fourth-order valence-corrected chi connectivity index (χ4v) is 4.15. The number of piperidine rings is 1. The van der Waals surface area contributed by atoms with Crippen molar-refractivity contribution in [3.05, 3.63) is 59.0 Å². The molecule has 1 fully saturated rings. The zero-order valence-electron chi connectivity index (χ0n) is 13.1. The van der Waals surface area contributed by atoms with Gasteiger partial charge < -0.3 is 5.32 Å². The number of hydrogen-bond donors (Lipinski definition) is 1. The summed E-state index contributed by atoms with van der Waals surface area (Å²) in [4.78, 5) is 8.25. The normalized spacial score (nSPS) is 19.0. The summed E-state index contributed by atoms with van der Waals surface area (Å²) < 4.78 is 0. The summed E-state index contributed by atoms with van der Waals surface area (Å²) in [6, 6.07) is 13.4. The number of hydrogen-bond acceptors (Lipinski definition) is 4. The molecule has 0 amide bonds. The number of thiophene rings is 1. The predicted octanol–water partition coefficient (Wildman–Crippen LogP) is 4.37. The molecule has 1 aliphatic rings. The van der Waals surface area contributed by atoms with Gasteiger partial charge in [-0.2, -0.15) is 0 Å². The number of likely N-dealkylation sites (tertiary alicyclic amines) is 1. The number of nitrogens with zero attached hydrogens (tertiary/aromatic N) is 2. The lowest BCUT2D eigenvalue weighted by atomic mass is 10.0. The Kier molecular flexibility index (Phi) is 4.26. The topological polar surface area (TPSA) is 28.2 Å². The molecule has 118 valence electrons. The molecule has 3 nitrogen and oxygen atoms in total. The first-order valence-electron chi connectivity index (χ1n) is 8.22. The molecule has 1 atom stereocenters. The Bertz CT molecular complexity index is 764. The Morgan fingerprint density at radius 2 is 2.22 bits per heavy atom. The quantitative estimate of drug-likeness (QED) is 0.772. The molecule has 4 heteroatoms. The molecule has 4 rings (SSSR count). The first kappa shape index (κ1) is 14.7. The minimum atomic E-state index is 0.516. The third-order valence-corrected chi connectivity index (χ3v) is 5.37. The molecule has 1 unspecified atom stereocenters. The summed E-state index contributed by atoms with van der Waals surface area (Å²) in [6.45, 7) is 3.39. The number of aromatic nitrogens is 1. The third-order valence-electron chi connectivity index (χ3n) is 4.51. The van der Waals surface area contributed by atoms with Crippen molar-refractivity contribution in [2.45, 2.75) is 25.4 Å². The van der Waals surface area contributed by atoms with Crippen LogP contribution in [0.15, 0.2) is 54.2 Å². The molecule has 0 saturated carbocycles. The molecule has 1 N–H and O–H groups in total. The Hall–Kier alpha value is -1.91. The number of nitrogens with one attached hydrogen (secondary N) is 1. The van der Waals surface area contributed by atoms with Gasteiger partial charge in [-0.1, -0.05) is 18.2 Å². The molecule has 1 saturated heterocycles. The second kappa shape index (κ2) is 6.69. The van der Waals surface area contributed by atoms with Crippen molar-refractivity contribution in [2.75, 3.05) is 18.4 Å². The standard InChI is InChI=1S/C19H21N3S/c1-4-15-12-20-9-8-18(15)19(7-1)21-16-5-2-10-22(13-16)14-17-6-3-11-23-17/h1,3-4,6-9,11-12,16,21H,2,5,10,13-14H2. The Balaban J connectivity index is 1.47. The van der Waals surface area contributed by atoms with Crippen molar-refractivity contribution in [2.24, 2.45) is 0 Å². The molecule has 1 aromatic carbocycles. The van der Waals surface area contributed by atoms with Crippen LogP contribution in [-0.2, 0) is 6.54 Å². The highest BCUT2D eigenvalue weighted by atomic mass is 32.1. The zero-order valence-corrected chi connectivity index (χ0v) is 13.9. The van der Waals surface area contributed by atoms with E-state index in [-0.39, 0.29) is 0 Å². The number of anilines is 1. The van der Waals surface area contributed by atoms with Crippen LogP contribution in [0.5, 0.6) is 0 Å². The molecular weight excluding hydrogens is 302 g/mol. The van der Waals surface area contributed by atoms with Crippen LogP contribution in [0.4, 0.5) is 5.69 Å². The van der Waals surface area contributed by atoms with Crippen LogP contribution in [0.3, 0.4) is 0 Å². The van der Waals surface area contributed by atoms with Crippen LogP contribution in [0.2, 0.25) is 0 Å². The van der Waals surface area contributed by atoms with Crippen LogP contribution >= 0.6 is 11.3 Å². The van der Waals surface area contributed by atoms with Gasteiger partial charge in [-0.05, 0) is 43.0 Å². The van der Waals surface area contributed by atoms with Crippen molar-refractivity contribution in [3.63, 3.8) is 0 Å². The molecule has 0 spiro atoms. The predicted molar refractivity (Wildman–Crippen MR) is 98.0 cm³/mol. The molecule has 0 radical (unpaired) electrons. The van der Waals surface area contributed by atoms with Gasteiger partial charge in [0.1, 0.15) is 0 Å². The molecule has 1 aliphatic heterocycles.